The summed E-state index contributed by atoms with van der Waals surface area (Å²) in [5.74, 6) is -0.298. The van der Waals surface area contributed by atoms with E-state index in [0.717, 1.165) is 0 Å². The number of rotatable bonds is 4. The molecule has 4 heteroatoms. The maximum Gasteiger partial charge on any atom is 0.293 e. The lowest BCUT2D eigenvalue weighted by Crippen LogP contribution is -2.65. The van der Waals surface area contributed by atoms with E-state index >= 15 is 0 Å². The SMILES string of the molecule is c1ccc(C2c3ccc4n3C35n6c2ccc6C(c2ccccc2)c2ccc(n23)C(c2ccccc2)c2ccc(n25)C4c2ccccc2)cc1. The molecule has 0 N–H and O–H groups in total. The predicted octanol–water partition coefficient (Wildman–Crippen LogP) is 9.08. The minimum atomic E-state index is -0.669. The van der Waals surface area contributed by atoms with Crippen LogP contribution in [0.1, 0.15) is 91.5 Å². The second-order valence-corrected chi connectivity index (χ2v) is 14.0. The molecule has 0 saturated carbocycles. The van der Waals surface area contributed by atoms with Crippen LogP contribution in [0.5, 0.6) is 0 Å². The summed E-state index contributed by atoms with van der Waals surface area (Å²) < 4.78 is 11.0. The molecule has 4 aliphatic rings. The largest absolute Gasteiger partial charge is 0.293 e. The third kappa shape index (κ3) is 2.99. The van der Waals surface area contributed by atoms with Crippen LogP contribution in [-0.4, -0.2) is 18.3 Å². The molecule has 8 heterocycles. The maximum atomic E-state index is 2.74. The second kappa shape index (κ2) is 9.12. The highest BCUT2D eigenvalue weighted by Crippen LogP contribution is 2.60. The van der Waals surface area contributed by atoms with E-state index < -0.39 is 5.91 Å². The number of nitrogens with zero attached hydrogens (tertiary/aromatic N) is 4. The third-order valence-electron chi connectivity index (χ3n) is 11.9. The summed E-state index contributed by atoms with van der Waals surface area (Å²) in [6.45, 7) is 0. The van der Waals surface area contributed by atoms with Crippen molar-refractivity contribution in [3.8, 4) is 0 Å². The highest BCUT2D eigenvalue weighted by Gasteiger charge is 2.61. The van der Waals surface area contributed by atoms with Crippen LogP contribution >= 0.6 is 0 Å². The van der Waals surface area contributed by atoms with Crippen LogP contribution in [0.2, 0.25) is 0 Å². The van der Waals surface area contributed by atoms with E-state index in [1.165, 1.54) is 67.8 Å². The zero-order valence-electron chi connectivity index (χ0n) is 26.8. The van der Waals surface area contributed by atoms with Gasteiger partial charge in [0.1, 0.15) is 0 Å². The average Bonchev–Trinajstić information content (AvgIpc) is 3.99. The Labute approximate surface area is 284 Å². The number of benzene rings is 4. The predicted molar refractivity (Wildman–Crippen MR) is 191 cm³/mol. The Morgan fingerprint density at radius 3 is 0.612 bits per heavy atom. The fourth-order valence-electron chi connectivity index (χ4n) is 10.2. The summed E-state index contributed by atoms with van der Waals surface area (Å²) >= 11 is 0. The van der Waals surface area contributed by atoms with Crippen LogP contribution in [-0.2, 0) is 5.91 Å². The van der Waals surface area contributed by atoms with Gasteiger partial charge in [0, 0.05) is 45.6 Å². The Bertz CT molecular complexity index is 2110. The Morgan fingerprint density at radius 1 is 0.245 bits per heavy atom. The molecule has 0 amide bonds. The van der Waals surface area contributed by atoms with E-state index in [4.69, 9.17) is 0 Å². The van der Waals surface area contributed by atoms with Gasteiger partial charge in [-0.3, -0.25) is 18.3 Å². The molecule has 0 radical (unpaired) electrons. The topological polar surface area (TPSA) is 19.7 Å². The molecule has 49 heavy (non-hydrogen) atoms. The van der Waals surface area contributed by atoms with Gasteiger partial charge in [0.25, 0.3) is 5.91 Å². The van der Waals surface area contributed by atoms with Crippen LogP contribution in [0.15, 0.2) is 170 Å². The van der Waals surface area contributed by atoms with Crippen molar-refractivity contribution in [2.75, 3.05) is 0 Å². The minimum absolute atomic E-state index is 0.0927. The van der Waals surface area contributed by atoms with Gasteiger partial charge in [-0.1, -0.05) is 121 Å². The van der Waals surface area contributed by atoms with Gasteiger partial charge in [-0.2, -0.15) is 0 Å². The lowest BCUT2D eigenvalue weighted by Gasteiger charge is -2.58. The molecule has 8 aromatic rings. The van der Waals surface area contributed by atoms with Crippen LogP contribution in [0.3, 0.4) is 0 Å². The van der Waals surface area contributed by atoms with Crippen molar-refractivity contribution in [2.45, 2.75) is 29.6 Å². The Balaban J connectivity index is 1.28. The van der Waals surface area contributed by atoms with E-state index in [1.807, 2.05) is 0 Å². The summed E-state index contributed by atoms with van der Waals surface area (Å²) in [4.78, 5) is 0. The molecule has 232 valence electrons. The Kier molecular flexibility index (Phi) is 4.84. The number of hydrogen-bond donors (Lipinski definition) is 0. The lowest BCUT2D eigenvalue weighted by molar-refractivity contribution is 0.0569. The fraction of sp³-hybridized carbons (Fsp3) is 0.111. The van der Waals surface area contributed by atoms with Crippen LogP contribution in [0.25, 0.3) is 0 Å². The Hall–Kier alpha value is -6.00. The van der Waals surface area contributed by atoms with Gasteiger partial charge in [-0.15, -0.1) is 0 Å². The van der Waals surface area contributed by atoms with Gasteiger partial charge >= 0.3 is 0 Å². The smallest absolute Gasteiger partial charge is 0.287 e. The second-order valence-electron chi connectivity index (χ2n) is 14.0. The highest BCUT2D eigenvalue weighted by molar-refractivity contribution is 5.59. The van der Waals surface area contributed by atoms with Crippen LogP contribution in [0, 0.1) is 0 Å². The monoisotopic (exact) mass is 628 g/mol. The van der Waals surface area contributed by atoms with Crippen LogP contribution in [0.4, 0.5) is 0 Å². The van der Waals surface area contributed by atoms with E-state index in [1.54, 1.807) is 0 Å². The van der Waals surface area contributed by atoms with Crippen molar-refractivity contribution in [2.24, 2.45) is 0 Å². The number of aromatic nitrogens is 4. The van der Waals surface area contributed by atoms with E-state index in [2.05, 4.69) is 188 Å². The molecular formula is C45H32N4. The summed E-state index contributed by atoms with van der Waals surface area (Å²) in [6, 6.07) is 63.9. The quantitative estimate of drug-likeness (QED) is 0.185. The lowest BCUT2D eigenvalue weighted by atomic mass is 9.84. The first kappa shape index (κ1) is 26.0. The van der Waals surface area contributed by atoms with Gasteiger partial charge in [-0.25, -0.2) is 0 Å². The molecule has 0 saturated heterocycles. The van der Waals surface area contributed by atoms with Gasteiger partial charge in [0.05, 0.1) is 23.7 Å². The summed E-state index contributed by atoms with van der Waals surface area (Å²) in [6.07, 6.45) is 0. The molecule has 0 bridgehead atoms. The van der Waals surface area contributed by atoms with E-state index in [9.17, 15) is 0 Å². The molecule has 4 aromatic carbocycles. The van der Waals surface area contributed by atoms with Crippen molar-refractivity contribution in [3.05, 3.63) is 238 Å². The van der Waals surface area contributed by atoms with Crippen molar-refractivity contribution in [1.82, 2.24) is 18.3 Å². The van der Waals surface area contributed by atoms with Crippen molar-refractivity contribution >= 4 is 0 Å². The van der Waals surface area contributed by atoms with Gasteiger partial charge in [-0.05, 0) is 70.8 Å². The molecule has 0 fully saturated rings. The molecule has 0 unspecified atom stereocenters. The summed E-state index contributed by atoms with van der Waals surface area (Å²) in [7, 11) is 0. The van der Waals surface area contributed by atoms with Crippen molar-refractivity contribution in [3.63, 3.8) is 0 Å². The third-order valence-corrected chi connectivity index (χ3v) is 11.9. The number of hydrogen-bond acceptors (Lipinski definition) is 0. The maximum absolute atomic E-state index is 2.74. The van der Waals surface area contributed by atoms with E-state index in [-0.39, 0.29) is 23.7 Å². The molecule has 1 spiro atoms. The first-order valence-electron chi connectivity index (χ1n) is 17.4. The fourth-order valence-corrected chi connectivity index (χ4v) is 10.2. The minimum Gasteiger partial charge on any atom is -0.287 e. The zero-order chi connectivity index (χ0) is 31.8. The summed E-state index contributed by atoms with van der Waals surface area (Å²) in [5, 5.41) is 0. The molecular weight excluding hydrogens is 597 g/mol. The summed E-state index contributed by atoms with van der Waals surface area (Å²) in [5.41, 5.74) is 16.0. The van der Waals surface area contributed by atoms with Gasteiger partial charge in [0.15, 0.2) is 0 Å². The van der Waals surface area contributed by atoms with Gasteiger partial charge < -0.3 is 0 Å². The first-order valence-corrected chi connectivity index (χ1v) is 17.4. The van der Waals surface area contributed by atoms with E-state index in [0.29, 0.717) is 0 Å². The molecule has 4 aromatic heterocycles. The highest BCUT2D eigenvalue weighted by atomic mass is 15.6. The molecule has 4 aliphatic heterocycles. The molecule has 0 aliphatic carbocycles. The first-order chi connectivity index (χ1) is 24.4. The zero-order valence-corrected chi connectivity index (χ0v) is 26.8. The van der Waals surface area contributed by atoms with Crippen LogP contribution < -0.4 is 0 Å². The van der Waals surface area contributed by atoms with Crippen molar-refractivity contribution < 1.29 is 0 Å². The van der Waals surface area contributed by atoms with Gasteiger partial charge in [0.2, 0.25) is 0 Å². The standard InChI is InChI=1S/C45H32N4/c1-5-13-29(14-6-1)41-33-21-23-35-42(30-15-7-2-8-16-30)37-25-27-39-44(32-19-11-4-12-20-32)40-28-26-38-43(31-17-9-3-10-18-31)36-24-22-34(41)47(36)45(46(33)35,48(37)39)49(38)40/h1-28,41-44H. The van der Waals surface area contributed by atoms with Crippen molar-refractivity contribution in [1.29, 1.82) is 0 Å². The molecule has 4 nitrogen and oxygen atoms in total. The average molecular weight is 629 g/mol. The molecule has 0 atom stereocenters. The normalized spacial score (nSPS) is 23.2. The Morgan fingerprint density at radius 2 is 0.429 bits per heavy atom. The molecule has 12 rings (SSSR count).